The summed E-state index contributed by atoms with van der Waals surface area (Å²) in [6.45, 7) is 6.44. The smallest absolute Gasteiger partial charge is 0.319 e. The summed E-state index contributed by atoms with van der Waals surface area (Å²) >= 11 is 1.60. The molecule has 0 fully saturated rings. The van der Waals surface area contributed by atoms with Gasteiger partial charge in [-0.15, -0.1) is 11.8 Å². The molecule has 0 N–H and O–H groups in total. The molecule has 2 nitrogen and oxygen atoms in total. The number of benzene rings is 1. The van der Waals surface area contributed by atoms with Crippen molar-refractivity contribution in [2.75, 3.05) is 6.61 Å². The van der Waals surface area contributed by atoms with E-state index >= 15 is 0 Å². The van der Waals surface area contributed by atoms with Gasteiger partial charge >= 0.3 is 5.97 Å². The predicted molar refractivity (Wildman–Crippen MR) is 72.4 cm³/mol. The van der Waals surface area contributed by atoms with Crippen molar-refractivity contribution in [3.05, 3.63) is 29.8 Å². The second-order valence-corrected chi connectivity index (χ2v) is 5.24. The molecule has 1 atom stereocenters. The lowest BCUT2D eigenvalue weighted by Gasteiger charge is -2.14. The first kappa shape index (κ1) is 14.1. The first-order valence-corrected chi connectivity index (χ1v) is 6.95. The van der Waals surface area contributed by atoms with Crippen molar-refractivity contribution >= 4 is 17.7 Å². The molecule has 0 aliphatic carbocycles. The quantitative estimate of drug-likeness (QED) is 0.568. The highest BCUT2D eigenvalue weighted by Gasteiger charge is 2.19. The van der Waals surface area contributed by atoms with E-state index in [2.05, 4.69) is 38.1 Å². The first-order valence-electron chi connectivity index (χ1n) is 6.07. The Balaban J connectivity index is 2.65. The highest BCUT2D eigenvalue weighted by molar-refractivity contribution is 8.00. The molecule has 0 aromatic heterocycles. The fourth-order valence-corrected chi connectivity index (χ4v) is 2.64. The van der Waals surface area contributed by atoms with Crippen LogP contribution in [-0.4, -0.2) is 17.8 Å². The Kier molecular flexibility index (Phi) is 6.12. The summed E-state index contributed by atoms with van der Waals surface area (Å²) in [5.41, 5.74) is 1.23. The average molecular weight is 252 g/mol. The maximum Gasteiger partial charge on any atom is 0.319 e. The van der Waals surface area contributed by atoms with Crippen LogP contribution in [0.4, 0.5) is 0 Å². The Morgan fingerprint density at radius 3 is 2.47 bits per heavy atom. The summed E-state index contributed by atoms with van der Waals surface area (Å²) in [7, 11) is 0. The molecule has 94 valence electrons. The van der Waals surface area contributed by atoms with E-state index in [1.165, 1.54) is 5.56 Å². The van der Waals surface area contributed by atoms with E-state index in [-0.39, 0.29) is 11.2 Å². The molecule has 0 radical (unpaired) electrons. The Labute approximate surface area is 108 Å². The number of esters is 1. The zero-order valence-corrected chi connectivity index (χ0v) is 11.5. The lowest BCUT2D eigenvalue weighted by molar-refractivity contribution is -0.142. The minimum atomic E-state index is -0.0973. The molecule has 1 unspecified atom stereocenters. The van der Waals surface area contributed by atoms with E-state index in [9.17, 15) is 4.79 Å². The molecule has 0 saturated heterocycles. The molecule has 0 bridgehead atoms. The minimum Gasteiger partial charge on any atom is -0.465 e. The van der Waals surface area contributed by atoms with Gasteiger partial charge < -0.3 is 4.74 Å². The van der Waals surface area contributed by atoms with Gasteiger partial charge in [0.25, 0.3) is 0 Å². The van der Waals surface area contributed by atoms with E-state index < -0.39 is 0 Å². The van der Waals surface area contributed by atoms with Crippen LogP contribution in [0.2, 0.25) is 0 Å². The maximum absolute atomic E-state index is 11.8. The van der Waals surface area contributed by atoms with E-state index in [0.29, 0.717) is 6.61 Å². The molecule has 3 heteroatoms. The molecule has 1 aromatic rings. The van der Waals surface area contributed by atoms with Crippen LogP contribution < -0.4 is 0 Å². The summed E-state index contributed by atoms with van der Waals surface area (Å²) in [5.74, 6) is -0.0973. The van der Waals surface area contributed by atoms with Crippen molar-refractivity contribution < 1.29 is 9.53 Å². The third-order valence-electron chi connectivity index (χ3n) is 2.40. The normalized spacial score (nSPS) is 12.2. The third-order valence-corrected chi connectivity index (χ3v) is 3.66. The van der Waals surface area contributed by atoms with Gasteiger partial charge in [-0.05, 0) is 32.4 Å². The van der Waals surface area contributed by atoms with Crippen LogP contribution in [0.1, 0.15) is 32.3 Å². The molecule has 0 heterocycles. The van der Waals surface area contributed by atoms with Gasteiger partial charge in [0.2, 0.25) is 0 Å². The van der Waals surface area contributed by atoms with Crippen molar-refractivity contribution in [3.63, 3.8) is 0 Å². The zero-order valence-electron chi connectivity index (χ0n) is 10.7. The van der Waals surface area contributed by atoms with Crippen LogP contribution in [0.15, 0.2) is 29.2 Å². The van der Waals surface area contributed by atoms with Crippen molar-refractivity contribution in [1.29, 1.82) is 0 Å². The number of aryl methyl sites for hydroxylation is 1. The van der Waals surface area contributed by atoms with Gasteiger partial charge in [-0.1, -0.05) is 31.0 Å². The summed E-state index contributed by atoms with van der Waals surface area (Å²) in [4.78, 5) is 12.9. The van der Waals surface area contributed by atoms with Crippen LogP contribution >= 0.6 is 11.8 Å². The van der Waals surface area contributed by atoms with Gasteiger partial charge in [0.15, 0.2) is 0 Å². The lowest BCUT2D eigenvalue weighted by Crippen LogP contribution is -2.20. The Hall–Kier alpha value is -0.960. The van der Waals surface area contributed by atoms with Gasteiger partial charge in [-0.3, -0.25) is 4.79 Å². The van der Waals surface area contributed by atoms with Gasteiger partial charge in [0, 0.05) is 4.90 Å². The Morgan fingerprint density at radius 2 is 1.94 bits per heavy atom. The summed E-state index contributed by atoms with van der Waals surface area (Å²) in [5, 5.41) is -0.0809. The second-order valence-electron chi connectivity index (χ2n) is 3.96. The van der Waals surface area contributed by atoms with Crippen LogP contribution in [0, 0.1) is 6.92 Å². The Morgan fingerprint density at radius 1 is 1.29 bits per heavy atom. The van der Waals surface area contributed by atoms with Crippen LogP contribution in [0.5, 0.6) is 0 Å². The minimum absolute atomic E-state index is 0.0809. The maximum atomic E-state index is 11.8. The molecule has 0 saturated carbocycles. The van der Waals surface area contributed by atoms with E-state index in [1.54, 1.807) is 11.8 Å². The molecule has 0 amide bonds. The number of carbonyl (C=O) groups excluding carboxylic acids is 1. The van der Waals surface area contributed by atoms with Crippen LogP contribution in [0.25, 0.3) is 0 Å². The highest BCUT2D eigenvalue weighted by Crippen LogP contribution is 2.27. The Bertz CT molecular complexity index is 346. The van der Waals surface area contributed by atoms with E-state index in [1.807, 2.05) is 6.92 Å². The molecular weight excluding hydrogens is 232 g/mol. The van der Waals surface area contributed by atoms with Crippen molar-refractivity contribution in [1.82, 2.24) is 0 Å². The fraction of sp³-hybridized carbons (Fsp3) is 0.500. The molecule has 17 heavy (non-hydrogen) atoms. The number of hydrogen-bond acceptors (Lipinski definition) is 3. The van der Waals surface area contributed by atoms with Gasteiger partial charge in [-0.25, -0.2) is 0 Å². The first-order chi connectivity index (χ1) is 8.17. The SMILES string of the molecule is CCCC(Sc1ccc(C)cc1)C(=O)OCC. The molecule has 0 aliphatic rings. The topological polar surface area (TPSA) is 26.3 Å². The van der Waals surface area contributed by atoms with Gasteiger partial charge in [0.05, 0.1) is 6.61 Å². The number of thioether (sulfide) groups is 1. The van der Waals surface area contributed by atoms with Crippen molar-refractivity contribution in [2.45, 2.75) is 43.8 Å². The molecular formula is C14H20O2S. The van der Waals surface area contributed by atoms with E-state index in [4.69, 9.17) is 4.74 Å². The molecule has 0 spiro atoms. The summed E-state index contributed by atoms with van der Waals surface area (Å²) in [6, 6.07) is 8.25. The number of rotatable bonds is 6. The van der Waals surface area contributed by atoms with Gasteiger partial charge in [0.1, 0.15) is 5.25 Å². The average Bonchev–Trinajstić information content (AvgIpc) is 2.31. The third kappa shape index (κ3) is 4.82. The van der Waals surface area contributed by atoms with E-state index in [0.717, 1.165) is 17.7 Å². The van der Waals surface area contributed by atoms with Gasteiger partial charge in [-0.2, -0.15) is 0 Å². The number of carbonyl (C=O) groups is 1. The standard InChI is InChI=1S/C14H20O2S/c1-4-6-13(14(15)16-5-2)17-12-9-7-11(3)8-10-12/h7-10,13H,4-6H2,1-3H3. The lowest BCUT2D eigenvalue weighted by atomic mass is 10.2. The highest BCUT2D eigenvalue weighted by atomic mass is 32.2. The number of ether oxygens (including phenoxy) is 1. The summed E-state index contributed by atoms with van der Waals surface area (Å²) in [6.07, 6.45) is 1.85. The van der Waals surface area contributed by atoms with Crippen molar-refractivity contribution in [3.8, 4) is 0 Å². The predicted octanol–water partition coefficient (Wildman–Crippen LogP) is 3.82. The van der Waals surface area contributed by atoms with Crippen LogP contribution in [0.3, 0.4) is 0 Å². The largest absolute Gasteiger partial charge is 0.465 e. The summed E-state index contributed by atoms with van der Waals surface area (Å²) < 4.78 is 5.09. The zero-order chi connectivity index (χ0) is 12.7. The molecule has 1 aromatic carbocycles. The molecule has 0 aliphatic heterocycles. The fourth-order valence-electron chi connectivity index (χ4n) is 1.50. The van der Waals surface area contributed by atoms with Crippen molar-refractivity contribution in [2.24, 2.45) is 0 Å². The second kappa shape index (κ2) is 7.38. The molecule has 1 rings (SSSR count). The number of hydrogen-bond donors (Lipinski definition) is 0. The monoisotopic (exact) mass is 252 g/mol. The van der Waals surface area contributed by atoms with Crippen LogP contribution in [-0.2, 0) is 9.53 Å².